The van der Waals surface area contributed by atoms with E-state index in [0.29, 0.717) is 24.3 Å². The third kappa shape index (κ3) is 2.31. The van der Waals surface area contributed by atoms with Gasteiger partial charge >= 0.3 is 5.69 Å². The second-order valence-electron chi connectivity index (χ2n) is 3.25. The van der Waals surface area contributed by atoms with E-state index >= 15 is 0 Å². The molecule has 2 aromatic rings. The molecule has 0 saturated carbocycles. The number of benzene rings is 1. The van der Waals surface area contributed by atoms with Crippen molar-refractivity contribution in [2.24, 2.45) is 4.99 Å². The summed E-state index contributed by atoms with van der Waals surface area (Å²) >= 11 is 4.43. The Hall–Kier alpha value is -2.38. The van der Waals surface area contributed by atoms with Crippen molar-refractivity contribution in [1.29, 1.82) is 0 Å². The van der Waals surface area contributed by atoms with Gasteiger partial charge in [0, 0.05) is 12.6 Å². The van der Waals surface area contributed by atoms with Gasteiger partial charge in [-0.25, -0.2) is 9.62 Å². The second-order valence-corrected chi connectivity index (χ2v) is 3.43. The number of thiocarbonyl (C=S) groups is 1. The van der Waals surface area contributed by atoms with Crippen LogP contribution in [-0.4, -0.2) is 33.5 Å². The number of aromatic nitrogens is 2. The van der Waals surface area contributed by atoms with E-state index in [1.807, 2.05) is 0 Å². The third-order valence-electron chi connectivity index (χ3n) is 2.19. The molecule has 9 heteroatoms. The molecule has 0 fully saturated rings. The van der Waals surface area contributed by atoms with E-state index < -0.39 is 4.92 Å². The van der Waals surface area contributed by atoms with Crippen molar-refractivity contribution in [3.05, 3.63) is 22.2 Å². The van der Waals surface area contributed by atoms with E-state index in [9.17, 15) is 10.1 Å². The predicted octanol–water partition coefficient (Wildman–Crippen LogP) is 1.65. The summed E-state index contributed by atoms with van der Waals surface area (Å²) in [6, 6.07) is 2.89. The molecule has 92 valence electrons. The summed E-state index contributed by atoms with van der Waals surface area (Å²) < 4.78 is 4.53. The Labute approximate surface area is 106 Å². The fourth-order valence-corrected chi connectivity index (χ4v) is 1.53. The van der Waals surface area contributed by atoms with Crippen LogP contribution in [-0.2, 0) is 0 Å². The highest BCUT2D eigenvalue weighted by atomic mass is 32.1. The average Bonchev–Trinajstić information content (AvgIpc) is 2.83. The molecule has 0 aliphatic carbocycles. The minimum Gasteiger partial charge on any atom is -0.381 e. The SMILES string of the molecule is O=[N+]([O-])c1ccc(NCCN=C=S)c2nonc12. The summed E-state index contributed by atoms with van der Waals surface area (Å²) in [6.45, 7) is 0.955. The monoisotopic (exact) mass is 265 g/mol. The molecule has 0 atom stereocenters. The molecule has 0 bridgehead atoms. The van der Waals surface area contributed by atoms with Crippen LogP contribution in [0, 0.1) is 10.1 Å². The van der Waals surface area contributed by atoms with Crippen LogP contribution in [0.5, 0.6) is 0 Å². The van der Waals surface area contributed by atoms with Gasteiger partial charge in [-0.1, -0.05) is 0 Å². The second kappa shape index (κ2) is 5.30. The van der Waals surface area contributed by atoms with Crippen LogP contribution in [0.3, 0.4) is 0 Å². The lowest BCUT2D eigenvalue weighted by atomic mass is 10.2. The van der Waals surface area contributed by atoms with Crippen molar-refractivity contribution in [3.8, 4) is 0 Å². The zero-order valence-corrected chi connectivity index (χ0v) is 9.81. The molecule has 1 N–H and O–H groups in total. The zero-order chi connectivity index (χ0) is 13.0. The maximum atomic E-state index is 10.8. The Morgan fingerprint density at radius 3 is 3.00 bits per heavy atom. The maximum absolute atomic E-state index is 10.8. The van der Waals surface area contributed by atoms with Crippen LogP contribution < -0.4 is 5.32 Å². The standard InChI is InChI=1S/C9H7N5O3S/c15-14(16)7-2-1-6(11-4-3-10-5-18)8-9(7)13-17-12-8/h1-2,11H,3-4H2. The lowest BCUT2D eigenvalue weighted by Crippen LogP contribution is -2.05. The first-order chi connectivity index (χ1) is 8.74. The van der Waals surface area contributed by atoms with Gasteiger partial charge in [0.25, 0.3) is 0 Å². The van der Waals surface area contributed by atoms with Gasteiger partial charge in [0.2, 0.25) is 5.52 Å². The molecule has 0 spiro atoms. The molecule has 8 nitrogen and oxygen atoms in total. The van der Waals surface area contributed by atoms with Crippen LogP contribution in [0.25, 0.3) is 11.0 Å². The summed E-state index contributed by atoms with van der Waals surface area (Å²) in [5.41, 5.74) is 0.879. The first-order valence-electron chi connectivity index (χ1n) is 4.91. The van der Waals surface area contributed by atoms with Crippen LogP contribution in [0.1, 0.15) is 0 Å². The lowest BCUT2D eigenvalue weighted by Gasteiger charge is -2.03. The first-order valence-corrected chi connectivity index (χ1v) is 5.32. The number of rotatable bonds is 5. The Bertz CT molecular complexity index is 634. The number of fused-ring (bicyclic) bond motifs is 1. The average molecular weight is 265 g/mol. The first kappa shape index (κ1) is 12.1. The number of hydrogen-bond acceptors (Lipinski definition) is 8. The highest BCUT2D eigenvalue weighted by Crippen LogP contribution is 2.28. The van der Waals surface area contributed by atoms with Crippen molar-refractivity contribution in [2.75, 3.05) is 18.4 Å². The number of hydrogen-bond donors (Lipinski definition) is 1. The van der Waals surface area contributed by atoms with Gasteiger partial charge in [-0.15, -0.1) is 0 Å². The number of nitro benzene ring substituents is 1. The molecule has 0 radical (unpaired) electrons. The van der Waals surface area contributed by atoms with Crippen LogP contribution in [0.2, 0.25) is 0 Å². The summed E-state index contributed by atoms with van der Waals surface area (Å²) in [7, 11) is 0. The quantitative estimate of drug-likeness (QED) is 0.288. The van der Waals surface area contributed by atoms with Gasteiger partial charge < -0.3 is 5.32 Å². The number of nitrogens with one attached hydrogen (secondary N) is 1. The molecule has 0 saturated heterocycles. The van der Waals surface area contributed by atoms with E-state index in [1.54, 1.807) is 6.07 Å². The van der Waals surface area contributed by atoms with Crippen molar-refractivity contribution in [1.82, 2.24) is 10.3 Å². The number of aliphatic imine (C=N–C) groups is 1. The van der Waals surface area contributed by atoms with Gasteiger partial charge in [-0.05, 0) is 28.6 Å². The van der Waals surface area contributed by atoms with Gasteiger partial charge in [0.05, 0.1) is 22.3 Å². The minimum atomic E-state index is -0.535. The van der Waals surface area contributed by atoms with Gasteiger partial charge in [0.15, 0.2) is 5.52 Å². The van der Waals surface area contributed by atoms with Crippen molar-refractivity contribution >= 4 is 39.8 Å². The Balaban J connectivity index is 2.30. The molecule has 0 unspecified atom stereocenters. The van der Waals surface area contributed by atoms with E-state index in [2.05, 4.69) is 42.6 Å². The van der Waals surface area contributed by atoms with E-state index in [4.69, 9.17) is 0 Å². The van der Waals surface area contributed by atoms with Crippen molar-refractivity contribution < 1.29 is 9.55 Å². The number of nitro groups is 1. The summed E-state index contributed by atoms with van der Waals surface area (Å²) in [6.07, 6.45) is 0. The summed E-state index contributed by atoms with van der Waals surface area (Å²) in [5, 5.41) is 23.2. The zero-order valence-electron chi connectivity index (χ0n) is 8.99. The van der Waals surface area contributed by atoms with Crippen LogP contribution in [0.4, 0.5) is 11.4 Å². The molecule has 1 heterocycles. The largest absolute Gasteiger partial charge is 0.381 e. The Kier molecular flexibility index (Phi) is 3.56. The van der Waals surface area contributed by atoms with Crippen molar-refractivity contribution in [3.63, 3.8) is 0 Å². The normalized spacial score (nSPS) is 10.0. The molecule has 0 aliphatic rings. The highest BCUT2D eigenvalue weighted by molar-refractivity contribution is 7.78. The fourth-order valence-electron chi connectivity index (χ4n) is 1.44. The molecule has 2 rings (SSSR count). The van der Waals surface area contributed by atoms with E-state index in [1.165, 1.54) is 6.07 Å². The Morgan fingerprint density at radius 1 is 1.50 bits per heavy atom. The molecular weight excluding hydrogens is 258 g/mol. The van der Waals surface area contributed by atoms with Crippen molar-refractivity contribution in [2.45, 2.75) is 0 Å². The van der Waals surface area contributed by atoms with Crippen LogP contribution in [0.15, 0.2) is 21.8 Å². The van der Waals surface area contributed by atoms with E-state index in [0.717, 1.165) is 0 Å². The molecule has 18 heavy (non-hydrogen) atoms. The van der Waals surface area contributed by atoms with Crippen LogP contribution >= 0.6 is 12.2 Å². The Morgan fingerprint density at radius 2 is 2.28 bits per heavy atom. The smallest absolute Gasteiger partial charge is 0.300 e. The predicted molar refractivity (Wildman–Crippen MR) is 66.8 cm³/mol. The molecular formula is C9H7N5O3S. The lowest BCUT2D eigenvalue weighted by molar-refractivity contribution is -0.383. The molecule has 0 aliphatic heterocycles. The van der Waals surface area contributed by atoms with E-state index in [-0.39, 0.29) is 11.2 Å². The number of non-ortho nitro benzene ring substituents is 1. The van der Waals surface area contributed by atoms with Gasteiger partial charge in [-0.3, -0.25) is 10.1 Å². The van der Waals surface area contributed by atoms with Gasteiger partial charge in [-0.2, -0.15) is 0 Å². The molecule has 1 aromatic heterocycles. The fraction of sp³-hybridized carbons (Fsp3) is 0.222. The molecule has 1 aromatic carbocycles. The minimum absolute atomic E-state index is 0.114. The maximum Gasteiger partial charge on any atom is 0.300 e. The highest BCUT2D eigenvalue weighted by Gasteiger charge is 2.19. The topological polar surface area (TPSA) is 106 Å². The number of anilines is 1. The summed E-state index contributed by atoms with van der Waals surface area (Å²) in [4.78, 5) is 14.0. The van der Waals surface area contributed by atoms with Gasteiger partial charge in [0.1, 0.15) is 0 Å². The molecule has 0 amide bonds. The number of nitrogens with zero attached hydrogens (tertiary/aromatic N) is 4. The summed E-state index contributed by atoms with van der Waals surface area (Å²) in [5.74, 6) is 0. The third-order valence-corrected chi connectivity index (χ3v) is 2.32. The number of isothiocyanates is 1.